The van der Waals surface area contributed by atoms with Crippen LogP contribution in [0, 0.1) is 10.1 Å². The first-order valence-corrected chi connectivity index (χ1v) is 4.94. The number of hydrogen-bond acceptors (Lipinski definition) is 5. The predicted molar refractivity (Wildman–Crippen MR) is 55.0 cm³/mol. The van der Waals surface area contributed by atoms with Crippen LogP contribution in [0.4, 0.5) is 5.69 Å². The van der Waals surface area contributed by atoms with Crippen molar-refractivity contribution in [1.82, 2.24) is 14.6 Å². The van der Waals surface area contributed by atoms with Crippen molar-refractivity contribution in [3.05, 3.63) is 34.6 Å². The first-order valence-electron chi connectivity index (χ1n) is 4.12. The first kappa shape index (κ1) is 8.30. The molecule has 0 amide bonds. The molecule has 74 valence electrons. The molecular weight excluding hydrogens is 216 g/mol. The Kier molecular flexibility index (Phi) is 1.51. The van der Waals surface area contributed by atoms with Crippen molar-refractivity contribution in [2.24, 2.45) is 0 Å². The van der Waals surface area contributed by atoms with Gasteiger partial charge in [-0.15, -0.1) is 10.2 Å². The van der Waals surface area contributed by atoms with E-state index in [1.54, 1.807) is 18.5 Å². The number of rotatable bonds is 1. The van der Waals surface area contributed by atoms with Crippen LogP contribution in [0.5, 0.6) is 0 Å². The molecule has 0 aliphatic rings. The summed E-state index contributed by atoms with van der Waals surface area (Å²) >= 11 is 1.38. The molecule has 0 saturated carbocycles. The third-order valence-corrected chi connectivity index (χ3v) is 3.14. The Morgan fingerprint density at radius 1 is 1.47 bits per heavy atom. The lowest BCUT2D eigenvalue weighted by Crippen LogP contribution is -1.86. The van der Waals surface area contributed by atoms with Crippen LogP contribution in [0.15, 0.2) is 24.5 Å². The smallest absolute Gasteiger partial charge is 0.270 e. The van der Waals surface area contributed by atoms with Crippen LogP contribution in [0.3, 0.4) is 0 Å². The van der Waals surface area contributed by atoms with Crippen LogP contribution in [-0.4, -0.2) is 19.5 Å². The lowest BCUT2D eigenvalue weighted by Gasteiger charge is -1.91. The van der Waals surface area contributed by atoms with Crippen LogP contribution >= 0.6 is 11.3 Å². The number of nitro benzene ring substituents is 1. The Balaban J connectivity index is 2.40. The first-order chi connectivity index (χ1) is 7.25. The van der Waals surface area contributed by atoms with Gasteiger partial charge in [-0.25, -0.2) is 0 Å². The van der Waals surface area contributed by atoms with Crippen molar-refractivity contribution in [2.45, 2.75) is 0 Å². The number of nitro groups is 1. The summed E-state index contributed by atoms with van der Waals surface area (Å²) in [6, 6.07) is 4.74. The summed E-state index contributed by atoms with van der Waals surface area (Å²) in [5.74, 6) is 0. The number of nitrogens with zero attached hydrogens (tertiary/aromatic N) is 4. The van der Waals surface area contributed by atoms with E-state index in [0.717, 1.165) is 15.2 Å². The fourth-order valence-corrected chi connectivity index (χ4v) is 2.43. The Bertz CT molecular complexity index is 671. The third kappa shape index (κ3) is 1.10. The molecule has 2 heterocycles. The summed E-state index contributed by atoms with van der Waals surface area (Å²) in [7, 11) is 0. The van der Waals surface area contributed by atoms with Gasteiger partial charge in [-0.3, -0.25) is 14.5 Å². The monoisotopic (exact) mass is 220 g/mol. The molecule has 15 heavy (non-hydrogen) atoms. The maximum Gasteiger partial charge on any atom is 0.270 e. The highest BCUT2D eigenvalue weighted by molar-refractivity contribution is 7.23. The fourth-order valence-electron chi connectivity index (χ4n) is 1.45. The molecule has 7 heteroatoms. The molecule has 0 atom stereocenters. The summed E-state index contributed by atoms with van der Waals surface area (Å²) < 4.78 is 2.65. The van der Waals surface area contributed by atoms with Crippen molar-refractivity contribution >= 4 is 32.2 Å². The second-order valence-electron chi connectivity index (χ2n) is 2.99. The third-order valence-electron chi connectivity index (χ3n) is 2.13. The van der Waals surface area contributed by atoms with Crippen molar-refractivity contribution < 1.29 is 4.92 Å². The number of non-ortho nitro benzene ring substituents is 1. The summed E-state index contributed by atoms with van der Waals surface area (Å²) in [4.78, 5) is 10.9. The largest absolute Gasteiger partial charge is 0.272 e. The average Bonchev–Trinajstić information content (AvgIpc) is 2.75. The van der Waals surface area contributed by atoms with Gasteiger partial charge in [0.1, 0.15) is 6.33 Å². The van der Waals surface area contributed by atoms with Gasteiger partial charge < -0.3 is 0 Å². The molecule has 1 aromatic carbocycles. The van der Waals surface area contributed by atoms with E-state index in [1.807, 2.05) is 4.40 Å². The quantitative estimate of drug-likeness (QED) is 0.463. The van der Waals surface area contributed by atoms with Crippen LogP contribution in [0.25, 0.3) is 15.2 Å². The highest BCUT2D eigenvalue weighted by atomic mass is 32.1. The average molecular weight is 220 g/mol. The Labute approximate surface area is 86.9 Å². The van der Waals surface area contributed by atoms with Crippen molar-refractivity contribution in [3.63, 3.8) is 0 Å². The molecule has 3 rings (SSSR count). The molecule has 0 fully saturated rings. The summed E-state index contributed by atoms with van der Waals surface area (Å²) in [5, 5.41) is 18.2. The van der Waals surface area contributed by atoms with E-state index in [9.17, 15) is 10.1 Å². The van der Waals surface area contributed by atoms with E-state index >= 15 is 0 Å². The van der Waals surface area contributed by atoms with Gasteiger partial charge >= 0.3 is 0 Å². The molecule has 2 aromatic heterocycles. The zero-order valence-corrected chi connectivity index (χ0v) is 8.14. The van der Waals surface area contributed by atoms with Crippen LogP contribution < -0.4 is 0 Å². The van der Waals surface area contributed by atoms with Gasteiger partial charge in [-0.05, 0) is 6.07 Å². The lowest BCUT2D eigenvalue weighted by atomic mass is 10.3. The molecule has 0 bridgehead atoms. The molecule has 3 aromatic rings. The second kappa shape index (κ2) is 2.74. The van der Waals surface area contributed by atoms with Gasteiger partial charge in [0.2, 0.25) is 4.96 Å². The van der Waals surface area contributed by atoms with Gasteiger partial charge in [0.15, 0.2) is 0 Å². The normalized spacial score (nSPS) is 11.2. The SMILES string of the molecule is O=[N+]([O-])c1ccc2c(c1)sc1nncn12. The molecule has 0 spiro atoms. The highest BCUT2D eigenvalue weighted by Gasteiger charge is 2.11. The van der Waals surface area contributed by atoms with E-state index in [1.165, 1.54) is 17.4 Å². The van der Waals surface area contributed by atoms with Crippen LogP contribution in [-0.2, 0) is 0 Å². The Morgan fingerprint density at radius 3 is 3.13 bits per heavy atom. The molecule has 6 nitrogen and oxygen atoms in total. The minimum atomic E-state index is -0.403. The van der Waals surface area contributed by atoms with E-state index in [4.69, 9.17) is 0 Å². The minimum Gasteiger partial charge on any atom is -0.272 e. The number of benzene rings is 1. The van der Waals surface area contributed by atoms with Gasteiger partial charge in [-0.2, -0.15) is 0 Å². The zero-order chi connectivity index (χ0) is 10.4. The predicted octanol–water partition coefficient (Wildman–Crippen LogP) is 1.85. The molecular formula is C8H4N4O2S. The zero-order valence-electron chi connectivity index (χ0n) is 7.32. The number of hydrogen-bond donors (Lipinski definition) is 0. The Hall–Kier alpha value is -2.02. The van der Waals surface area contributed by atoms with Gasteiger partial charge in [0, 0.05) is 12.1 Å². The van der Waals surface area contributed by atoms with E-state index < -0.39 is 4.92 Å². The van der Waals surface area contributed by atoms with Crippen molar-refractivity contribution in [3.8, 4) is 0 Å². The number of thiazole rings is 1. The maximum atomic E-state index is 10.6. The van der Waals surface area contributed by atoms with Gasteiger partial charge in [0.25, 0.3) is 5.69 Å². The number of fused-ring (bicyclic) bond motifs is 3. The van der Waals surface area contributed by atoms with E-state index in [-0.39, 0.29) is 5.69 Å². The highest BCUT2D eigenvalue weighted by Crippen LogP contribution is 2.28. The molecule has 0 N–H and O–H groups in total. The summed E-state index contributed by atoms with van der Waals surface area (Å²) in [6.07, 6.45) is 1.60. The van der Waals surface area contributed by atoms with Crippen molar-refractivity contribution in [1.29, 1.82) is 0 Å². The van der Waals surface area contributed by atoms with Crippen LogP contribution in [0.1, 0.15) is 0 Å². The maximum absolute atomic E-state index is 10.6. The number of aromatic nitrogens is 3. The van der Waals surface area contributed by atoms with E-state index in [2.05, 4.69) is 10.2 Å². The second-order valence-corrected chi connectivity index (χ2v) is 4.00. The lowest BCUT2D eigenvalue weighted by molar-refractivity contribution is -0.384. The summed E-state index contributed by atoms with van der Waals surface area (Å²) in [5.41, 5.74) is 0.991. The topological polar surface area (TPSA) is 73.3 Å². The molecule has 0 radical (unpaired) electrons. The molecule has 0 unspecified atom stereocenters. The molecule has 0 aliphatic carbocycles. The van der Waals surface area contributed by atoms with Gasteiger partial charge in [-0.1, -0.05) is 11.3 Å². The molecule has 0 aliphatic heterocycles. The van der Waals surface area contributed by atoms with Crippen LogP contribution in [0.2, 0.25) is 0 Å². The summed E-state index contributed by atoms with van der Waals surface area (Å²) in [6.45, 7) is 0. The standard InChI is InChI=1S/C8H4N4O2S/c13-12(14)5-1-2-6-7(3-5)15-8-10-9-4-11(6)8/h1-4H. The van der Waals surface area contributed by atoms with Crippen molar-refractivity contribution in [2.75, 3.05) is 0 Å². The molecule has 0 saturated heterocycles. The van der Waals surface area contributed by atoms with Gasteiger partial charge in [0.05, 0.1) is 15.1 Å². The minimum absolute atomic E-state index is 0.0972. The fraction of sp³-hybridized carbons (Fsp3) is 0. The van der Waals surface area contributed by atoms with E-state index in [0.29, 0.717) is 0 Å². The Morgan fingerprint density at radius 2 is 2.33 bits per heavy atom.